The van der Waals surface area contributed by atoms with Crippen LogP contribution in [0.4, 0.5) is 0 Å². The fraction of sp³-hybridized carbons (Fsp3) is 0.600. The van der Waals surface area contributed by atoms with E-state index in [9.17, 15) is 16.8 Å². The van der Waals surface area contributed by atoms with Gasteiger partial charge in [-0.25, -0.2) is 16.8 Å². The van der Waals surface area contributed by atoms with Gasteiger partial charge in [-0.05, 0) is 31.0 Å². The summed E-state index contributed by atoms with van der Waals surface area (Å²) in [6.07, 6.45) is 1.94. The molecule has 23 heavy (non-hydrogen) atoms. The standard InChI is InChI=1S/C15H24N2O4S2/c1-3-5-14-6-8-15(9-7-14)23(20,21)17-12-10-16(11-13-17)22(18,19)4-2/h6-9H,3-5,10-13H2,1-2H3. The van der Waals surface area contributed by atoms with Crippen molar-refractivity contribution in [3.63, 3.8) is 0 Å². The van der Waals surface area contributed by atoms with Gasteiger partial charge >= 0.3 is 0 Å². The topological polar surface area (TPSA) is 74.8 Å². The van der Waals surface area contributed by atoms with E-state index in [0.717, 1.165) is 18.4 Å². The Morgan fingerprint density at radius 3 is 1.87 bits per heavy atom. The van der Waals surface area contributed by atoms with E-state index in [-0.39, 0.29) is 36.8 Å². The van der Waals surface area contributed by atoms with Crippen LogP contribution in [0.15, 0.2) is 29.2 Å². The van der Waals surface area contributed by atoms with Crippen LogP contribution in [0.1, 0.15) is 25.8 Å². The summed E-state index contributed by atoms with van der Waals surface area (Å²) in [6, 6.07) is 6.95. The van der Waals surface area contributed by atoms with E-state index in [1.165, 1.54) is 8.61 Å². The minimum atomic E-state index is -3.56. The zero-order chi connectivity index (χ0) is 17.1. The lowest BCUT2D eigenvalue weighted by molar-refractivity contribution is 0.273. The summed E-state index contributed by atoms with van der Waals surface area (Å²) in [5.74, 6) is 0.0403. The number of piperazine rings is 1. The van der Waals surface area contributed by atoms with E-state index in [1.54, 1.807) is 19.1 Å². The van der Waals surface area contributed by atoms with Gasteiger partial charge in [0.15, 0.2) is 0 Å². The third-order valence-electron chi connectivity index (χ3n) is 4.06. The first-order valence-corrected chi connectivity index (χ1v) is 10.9. The maximum Gasteiger partial charge on any atom is 0.243 e. The molecule has 130 valence electrons. The molecule has 0 atom stereocenters. The second-order valence-electron chi connectivity index (χ2n) is 5.60. The maximum absolute atomic E-state index is 12.6. The lowest BCUT2D eigenvalue weighted by Gasteiger charge is -2.33. The molecule has 0 amide bonds. The Morgan fingerprint density at radius 2 is 1.39 bits per heavy atom. The van der Waals surface area contributed by atoms with Crippen molar-refractivity contribution < 1.29 is 16.8 Å². The Bertz CT molecular complexity index is 719. The average Bonchev–Trinajstić information content (AvgIpc) is 2.56. The summed E-state index contributed by atoms with van der Waals surface area (Å²) < 4.78 is 51.7. The summed E-state index contributed by atoms with van der Waals surface area (Å²) in [7, 11) is -6.81. The molecule has 0 saturated carbocycles. The van der Waals surface area contributed by atoms with Gasteiger partial charge in [-0.2, -0.15) is 8.61 Å². The maximum atomic E-state index is 12.6. The molecule has 0 aromatic heterocycles. The van der Waals surface area contributed by atoms with E-state index in [2.05, 4.69) is 6.92 Å². The lowest BCUT2D eigenvalue weighted by Crippen LogP contribution is -2.50. The van der Waals surface area contributed by atoms with Gasteiger partial charge in [0, 0.05) is 26.2 Å². The highest BCUT2D eigenvalue weighted by Gasteiger charge is 2.32. The van der Waals surface area contributed by atoms with Crippen molar-refractivity contribution in [3.05, 3.63) is 29.8 Å². The molecule has 1 aliphatic rings. The number of aryl methyl sites for hydroxylation is 1. The molecule has 2 rings (SSSR count). The number of sulfonamides is 2. The average molecular weight is 361 g/mol. The van der Waals surface area contributed by atoms with Gasteiger partial charge in [0.1, 0.15) is 0 Å². The largest absolute Gasteiger partial charge is 0.243 e. The number of hydrogen-bond donors (Lipinski definition) is 0. The number of benzene rings is 1. The van der Waals surface area contributed by atoms with Crippen molar-refractivity contribution in [2.24, 2.45) is 0 Å². The zero-order valence-corrected chi connectivity index (χ0v) is 15.2. The highest BCUT2D eigenvalue weighted by Crippen LogP contribution is 2.19. The van der Waals surface area contributed by atoms with Crippen LogP contribution in [0.3, 0.4) is 0 Å². The Morgan fingerprint density at radius 1 is 0.870 bits per heavy atom. The molecule has 0 radical (unpaired) electrons. The molecule has 0 spiro atoms. The smallest absolute Gasteiger partial charge is 0.212 e. The highest BCUT2D eigenvalue weighted by molar-refractivity contribution is 7.89. The Hall–Kier alpha value is -0.960. The van der Waals surface area contributed by atoms with Crippen LogP contribution in [0.2, 0.25) is 0 Å². The molecule has 0 N–H and O–H groups in total. The molecule has 6 nitrogen and oxygen atoms in total. The molecular weight excluding hydrogens is 336 g/mol. The molecule has 1 saturated heterocycles. The first-order valence-electron chi connectivity index (χ1n) is 7.88. The molecule has 1 aliphatic heterocycles. The van der Waals surface area contributed by atoms with Crippen molar-refractivity contribution in [3.8, 4) is 0 Å². The molecule has 0 unspecified atom stereocenters. The van der Waals surface area contributed by atoms with Crippen molar-refractivity contribution in [1.82, 2.24) is 8.61 Å². The minimum Gasteiger partial charge on any atom is -0.212 e. The van der Waals surface area contributed by atoms with Crippen LogP contribution in [-0.2, 0) is 26.5 Å². The second-order valence-corrected chi connectivity index (χ2v) is 9.79. The van der Waals surface area contributed by atoms with Crippen LogP contribution in [0, 0.1) is 0 Å². The van der Waals surface area contributed by atoms with Crippen LogP contribution in [-0.4, -0.2) is 57.4 Å². The zero-order valence-electron chi connectivity index (χ0n) is 13.6. The van der Waals surface area contributed by atoms with Gasteiger partial charge in [-0.15, -0.1) is 0 Å². The summed E-state index contributed by atoms with van der Waals surface area (Å²) >= 11 is 0. The molecule has 8 heteroatoms. The summed E-state index contributed by atoms with van der Waals surface area (Å²) in [6.45, 7) is 4.48. The third kappa shape index (κ3) is 4.12. The third-order valence-corrected chi connectivity index (χ3v) is 7.85. The Labute approximate surface area is 139 Å². The van der Waals surface area contributed by atoms with Crippen LogP contribution in [0.25, 0.3) is 0 Å². The van der Waals surface area contributed by atoms with Crippen molar-refractivity contribution >= 4 is 20.0 Å². The SMILES string of the molecule is CCCc1ccc(S(=O)(=O)N2CCN(S(=O)(=O)CC)CC2)cc1. The fourth-order valence-electron chi connectivity index (χ4n) is 2.64. The van der Waals surface area contributed by atoms with Crippen LogP contribution in [0.5, 0.6) is 0 Å². The van der Waals surface area contributed by atoms with E-state index in [0.29, 0.717) is 0 Å². The van der Waals surface area contributed by atoms with Gasteiger partial charge in [-0.3, -0.25) is 0 Å². The molecule has 0 bridgehead atoms. The fourth-order valence-corrected chi connectivity index (χ4v) is 5.14. The van der Waals surface area contributed by atoms with Gasteiger partial charge in [0.2, 0.25) is 20.0 Å². The quantitative estimate of drug-likeness (QED) is 0.766. The summed E-state index contributed by atoms with van der Waals surface area (Å²) in [5, 5.41) is 0. The van der Waals surface area contributed by atoms with Crippen molar-refractivity contribution in [1.29, 1.82) is 0 Å². The molecule has 1 aromatic rings. The predicted octanol–water partition coefficient (Wildman–Crippen LogP) is 1.30. The van der Waals surface area contributed by atoms with E-state index in [4.69, 9.17) is 0 Å². The number of rotatable bonds is 6. The molecule has 1 fully saturated rings. The first kappa shape index (κ1) is 18.4. The van der Waals surface area contributed by atoms with Crippen molar-refractivity contribution in [2.75, 3.05) is 31.9 Å². The second kappa shape index (κ2) is 7.29. The van der Waals surface area contributed by atoms with Crippen molar-refractivity contribution in [2.45, 2.75) is 31.6 Å². The predicted molar refractivity (Wildman–Crippen MR) is 90.2 cm³/mol. The number of nitrogens with zero attached hydrogens (tertiary/aromatic N) is 2. The molecular formula is C15H24N2O4S2. The van der Waals surface area contributed by atoms with Gasteiger partial charge < -0.3 is 0 Å². The minimum absolute atomic E-state index is 0.0403. The first-order chi connectivity index (χ1) is 10.8. The Balaban J connectivity index is 2.10. The van der Waals surface area contributed by atoms with Crippen LogP contribution >= 0.6 is 0 Å². The molecule has 0 aliphatic carbocycles. The van der Waals surface area contributed by atoms with Gasteiger partial charge in [-0.1, -0.05) is 25.5 Å². The number of hydrogen-bond acceptors (Lipinski definition) is 4. The monoisotopic (exact) mass is 360 g/mol. The summed E-state index contributed by atoms with van der Waals surface area (Å²) in [5.41, 5.74) is 1.12. The highest BCUT2D eigenvalue weighted by atomic mass is 32.2. The normalized spacial score (nSPS) is 18.2. The molecule has 1 aromatic carbocycles. The lowest BCUT2D eigenvalue weighted by atomic mass is 10.1. The van der Waals surface area contributed by atoms with Gasteiger partial charge in [0.25, 0.3) is 0 Å². The van der Waals surface area contributed by atoms with E-state index >= 15 is 0 Å². The Kier molecular flexibility index (Phi) is 5.83. The summed E-state index contributed by atoms with van der Waals surface area (Å²) in [4.78, 5) is 0.268. The van der Waals surface area contributed by atoms with E-state index < -0.39 is 20.0 Å². The van der Waals surface area contributed by atoms with E-state index in [1.807, 2.05) is 12.1 Å². The molecule has 1 heterocycles. The van der Waals surface area contributed by atoms with Gasteiger partial charge in [0.05, 0.1) is 10.6 Å². The van der Waals surface area contributed by atoms with Crippen LogP contribution < -0.4 is 0 Å².